The fourth-order valence-electron chi connectivity index (χ4n) is 3.77. The average Bonchev–Trinajstić information content (AvgIpc) is 3.14. The second-order valence-corrected chi connectivity index (χ2v) is 8.26. The minimum Gasteiger partial charge on any atom is -0.355 e. The quantitative estimate of drug-likeness (QED) is 0.674. The van der Waals surface area contributed by atoms with Crippen LogP contribution in [-0.4, -0.2) is 35.4 Å². The number of hydrogen-bond donors (Lipinski definition) is 1. The molecule has 1 aromatic heterocycles. The predicted molar refractivity (Wildman–Crippen MR) is 111 cm³/mol. The Morgan fingerprint density at radius 1 is 1.18 bits per heavy atom. The summed E-state index contributed by atoms with van der Waals surface area (Å²) in [5.41, 5.74) is 1.66. The Morgan fingerprint density at radius 2 is 2.00 bits per heavy atom. The van der Waals surface area contributed by atoms with Crippen LogP contribution in [0.1, 0.15) is 35.9 Å². The highest BCUT2D eigenvalue weighted by atomic mass is 32.1. The number of halogens is 1. The summed E-state index contributed by atoms with van der Waals surface area (Å²) in [5.74, 6) is -0.229. The third kappa shape index (κ3) is 4.39. The van der Waals surface area contributed by atoms with Crippen molar-refractivity contribution in [2.75, 3.05) is 19.6 Å². The van der Waals surface area contributed by atoms with E-state index >= 15 is 0 Å². The molecule has 146 valence electrons. The van der Waals surface area contributed by atoms with E-state index < -0.39 is 0 Å². The van der Waals surface area contributed by atoms with E-state index in [0.717, 1.165) is 36.3 Å². The molecule has 1 amide bonds. The third-order valence-electron chi connectivity index (χ3n) is 5.23. The van der Waals surface area contributed by atoms with Gasteiger partial charge in [0.05, 0.1) is 22.8 Å². The summed E-state index contributed by atoms with van der Waals surface area (Å²) in [7, 11) is 0. The molecule has 4 nitrogen and oxygen atoms in total. The lowest BCUT2D eigenvalue weighted by atomic mass is 10.0. The molecule has 1 aliphatic rings. The molecule has 2 heterocycles. The Balaban J connectivity index is 1.36. The van der Waals surface area contributed by atoms with Crippen molar-refractivity contribution in [3.05, 3.63) is 64.9 Å². The minimum atomic E-state index is -0.219. The van der Waals surface area contributed by atoms with Crippen LogP contribution in [0.5, 0.6) is 0 Å². The van der Waals surface area contributed by atoms with E-state index in [2.05, 4.69) is 16.3 Å². The van der Waals surface area contributed by atoms with Crippen molar-refractivity contribution in [2.24, 2.45) is 0 Å². The number of aromatic nitrogens is 1. The summed E-state index contributed by atoms with van der Waals surface area (Å²) >= 11 is 1.73. The van der Waals surface area contributed by atoms with Crippen LogP contribution in [0.15, 0.2) is 48.5 Å². The molecule has 0 radical (unpaired) electrons. The van der Waals surface area contributed by atoms with Crippen LogP contribution in [-0.2, 0) is 11.2 Å². The minimum absolute atomic E-state index is 0.00986. The van der Waals surface area contributed by atoms with Gasteiger partial charge in [-0.1, -0.05) is 36.8 Å². The lowest BCUT2D eigenvalue weighted by molar-refractivity contribution is -0.123. The fraction of sp³-hybridized carbons (Fsp3) is 0.364. The Labute approximate surface area is 168 Å². The Bertz CT molecular complexity index is 925. The first-order chi connectivity index (χ1) is 13.7. The number of carbonyl (C=O) groups excluding carboxylic acids is 1. The molecule has 0 aliphatic carbocycles. The van der Waals surface area contributed by atoms with Crippen molar-refractivity contribution in [3.8, 4) is 0 Å². The van der Waals surface area contributed by atoms with E-state index in [9.17, 15) is 9.18 Å². The summed E-state index contributed by atoms with van der Waals surface area (Å²) in [6.07, 6.45) is 3.79. The number of hydrogen-bond acceptors (Lipinski definition) is 4. The van der Waals surface area contributed by atoms with E-state index in [1.165, 1.54) is 10.8 Å². The number of nitrogens with zero attached hydrogens (tertiary/aromatic N) is 2. The van der Waals surface area contributed by atoms with Crippen molar-refractivity contribution in [1.29, 1.82) is 0 Å². The molecule has 0 spiro atoms. The first kappa shape index (κ1) is 19.0. The number of para-hydroxylation sites is 1. The van der Waals surface area contributed by atoms with Gasteiger partial charge in [-0.3, -0.25) is 9.69 Å². The molecule has 0 saturated carbocycles. The van der Waals surface area contributed by atoms with Crippen LogP contribution in [0.25, 0.3) is 10.2 Å². The molecule has 0 unspecified atom stereocenters. The highest BCUT2D eigenvalue weighted by molar-refractivity contribution is 7.18. The maximum absolute atomic E-state index is 13.7. The first-order valence-electron chi connectivity index (χ1n) is 9.80. The second kappa shape index (κ2) is 8.80. The van der Waals surface area contributed by atoms with Gasteiger partial charge < -0.3 is 5.32 Å². The lowest BCUT2D eigenvalue weighted by Gasteiger charge is -2.33. The summed E-state index contributed by atoms with van der Waals surface area (Å²) < 4.78 is 14.9. The van der Waals surface area contributed by atoms with E-state index in [4.69, 9.17) is 4.98 Å². The number of carbonyl (C=O) groups is 1. The van der Waals surface area contributed by atoms with Crippen molar-refractivity contribution >= 4 is 27.5 Å². The molecule has 0 bridgehead atoms. The van der Waals surface area contributed by atoms with Gasteiger partial charge in [0.1, 0.15) is 10.8 Å². The molecule has 1 saturated heterocycles. The maximum atomic E-state index is 13.7. The fourth-order valence-corrected chi connectivity index (χ4v) is 4.91. The molecule has 1 N–H and O–H groups in total. The van der Waals surface area contributed by atoms with Gasteiger partial charge in [-0.05, 0) is 49.6 Å². The highest BCUT2D eigenvalue weighted by Gasteiger charge is 2.28. The smallest absolute Gasteiger partial charge is 0.234 e. The number of amides is 1. The Hall–Kier alpha value is -2.31. The number of likely N-dealkylation sites (tertiary alicyclic amines) is 1. The summed E-state index contributed by atoms with van der Waals surface area (Å²) in [6.45, 7) is 1.71. The van der Waals surface area contributed by atoms with Crippen molar-refractivity contribution in [2.45, 2.75) is 31.7 Å². The van der Waals surface area contributed by atoms with Crippen molar-refractivity contribution in [1.82, 2.24) is 15.2 Å². The maximum Gasteiger partial charge on any atom is 0.234 e. The van der Waals surface area contributed by atoms with Crippen LogP contribution < -0.4 is 5.32 Å². The second-order valence-electron chi connectivity index (χ2n) is 7.19. The molecule has 28 heavy (non-hydrogen) atoms. The van der Waals surface area contributed by atoms with Gasteiger partial charge in [-0.2, -0.15) is 0 Å². The number of benzene rings is 2. The van der Waals surface area contributed by atoms with Gasteiger partial charge in [-0.15, -0.1) is 11.3 Å². The van der Waals surface area contributed by atoms with Crippen LogP contribution in [0.3, 0.4) is 0 Å². The van der Waals surface area contributed by atoms with E-state index in [0.29, 0.717) is 25.1 Å². The Kier molecular flexibility index (Phi) is 5.98. The zero-order valence-electron chi connectivity index (χ0n) is 15.7. The van der Waals surface area contributed by atoms with Gasteiger partial charge in [0.2, 0.25) is 5.91 Å². The number of fused-ring (bicyclic) bond motifs is 1. The number of piperidine rings is 1. The van der Waals surface area contributed by atoms with E-state index in [1.54, 1.807) is 23.5 Å². The molecule has 1 atom stereocenters. The SMILES string of the molecule is O=C(CN1CCCC[C@@H]1c1nc2ccccc2s1)NCCc1ccccc1F. The van der Waals surface area contributed by atoms with Crippen LogP contribution >= 0.6 is 11.3 Å². The highest BCUT2D eigenvalue weighted by Crippen LogP contribution is 2.35. The average molecular weight is 398 g/mol. The van der Waals surface area contributed by atoms with Gasteiger partial charge in [-0.25, -0.2) is 9.37 Å². The monoisotopic (exact) mass is 397 g/mol. The van der Waals surface area contributed by atoms with Gasteiger partial charge >= 0.3 is 0 Å². The standard InChI is InChI=1S/C22H24FN3OS/c23-17-8-2-1-7-16(17)12-13-24-21(27)15-26-14-6-5-10-19(26)22-25-18-9-3-4-11-20(18)28-22/h1-4,7-9,11,19H,5-6,10,12-15H2,(H,24,27)/t19-/m1/s1. The number of nitrogens with one attached hydrogen (secondary N) is 1. The van der Waals surface area contributed by atoms with Crippen LogP contribution in [0, 0.1) is 5.82 Å². The first-order valence-corrected chi connectivity index (χ1v) is 10.6. The van der Waals surface area contributed by atoms with Crippen LogP contribution in [0.4, 0.5) is 4.39 Å². The normalized spacial score (nSPS) is 17.7. The van der Waals surface area contributed by atoms with Crippen LogP contribution in [0.2, 0.25) is 0 Å². The molecule has 3 aromatic rings. The Morgan fingerprint density at radius 3 is 2.86 bits per heavy atom. The third-order valence-corrected chi connectivity index (χ3v) is 6.37. The van der Waals surface area contributed by atoms with Gasteiger partial charge in [0.15, 0.2) is 0 Å². The van der Waals surface area contributed by atoms with E-state index in [1.807, 2.05) is 24.3 Å². The predicted octanol–water partition coefficient (Wildman–Crippen LogP) is 4.32. The van der Waals surface area contributed by atoms with Crippen molar-refractivity contribution in [3.63, 3.8) is 0 Å². The number of thiazole rings is 1. The van der Waals surface area contributed by atoms with Crippen molar-refractivity contribution < 1.29 is 9.18 Å². The molecular weight excluding hydrogens is 373 g/mol. The lowest BCUT2D eigenvalue weighted by Crippen LogP contribution is -2.42. The largest absolute Gasteiger partial charge is 0.355 e. The molecule has 1 aliphatic heterocycles. The zero-order chi connectivity index (χ0) is 19.3. The zero-order valence-corrected chi connectivity index (χ0v) is 16.6. The number of rotatable bonds is 6. The molecule has 6 heteroatoms. The molecule has 1 fully saturated rings. The van der Waals surface area contributed by atoms with Gasteiger partial charge in [0, 0.05) is 6.54 Å². The van der Waals surface area contributed by atoms with E-state index in [-0.39, 0.29) is 17.8 Å². The van der Waals surface area contributed by atoms with Gasteiger partial charge in [0.25, 0.3) is 0 Å². The molecular formula is C22H24FN3OS. The topological polar surface area (TPSA) is 45.2 Å². The molecule has 4 rings (SSSR count). The molecule has 2 aromatic carbocycles. The summed E-state index contributed by atoms with van der Waals surface area (Å²) in [4.78, 5) is 19.5. The summed E-state index contributed by atoms with van der Waals surface area (Å²) in [5, 5.41) is 4.04. The summed E-state index contributed by atoms with van der Waals surface area (Å²) in [6, 6.07) is 15.1.